The molecule has 2 aromatic carbocycles. The lowest BCUT2D eigenvalue weighted by Gasteiger charge is -2.16. The maximum absolute atomic E-state index is 6.30. The maximum Gasteiger partial charge on any atom is 0.267 e. The number of benzene rings is 2. The zero-order chi connectivity index (χ0) is 34.6. The number of aryl methyl sites for hydroxylation is 2. The van der Waals surface area contributed by atoms with Crippen LogP contribution in [0.3, 0.4) is 0 Å². The molecule has 0 aliphatic heterocycles. The molecule has 1 N–H and O–H groups in total. The highest BCUT2D eigenvalue weighted by Gasteiger charge is 2.28. The Morgan fingerprint density at radius 3 is 1.35 bits per heavy atom. The Morgan fingerprint density at radius 1 is 0.500 bits per heavy atom. The summed E-state index contributed by atoms with van der Waals surface area (Å²) in [5.74, 6) is 3.56. The van der Waals surface area contributed by atoms with Gasteiger partial charge in [-0.05, 0) is 127 Å². The third-order valence-corrected chi connectivity index (χ3v) is 15.0. The number of ether oxygens (including phenoxy) is 4. The summed E-state index contributed by atoms with van der Waals surface area (Å²) in [6.45, 7) is 21.9. The molecule has 6 aromatic rings. The van der Waals surface area contributed by atoms with Gasteiger partial charge in [0.25, 0.3) is 5.75 Å². The zero-order valence-corrected chi connectivity index (χ0v) is 33.2. The van der Waals surface area contributed by atoms with Gasteiger partial charge in [-0.2, -0.15) is 0 Å². The van der Waals surface area contributed by atoms with E-state index in [2.05, 4.69) is 92.2 Å². The predicted molar refractivity (Wildman–Crippen MR) is 211 cm³/mol. The summed E-state index contributed by atoms with van der Waals surface area (Å²) in [7, 11) is 3.60. The van der Waals surface area contributed by atoms with Gasteiger partial charge >= 0.3 is 0 Å². The summed E-state index contributed by atoms with van der Waals surface area (Å²) in [5, 5.41) is 0. The Kier molecular flexibility index (Phi) is 9.75. The normalized spacial score (nSPS) is 11.7. The Bertz CT molecular complexity index is 1980. The van der Waals surface area contributed by atoms with Gasteiger partial charge in [-0.1, -0.05) is 6.07 Å². The lowest BCUT2D eigenvalue weighted by atomic mass is 10.0. The Labute approximate surface area is 300 Å². The minimum Gasteiger partial charge on any atom is -0.584 e. The first-order valence-electron chi connectivity index (χ1n) is 16.3. The predicted octanol–water partition coefficient (Wildman–Crippen LogP) is 13.1. The highest BCUT2D eigenvalue weighted by Crippen LogP contribution is 2.56. The van der Waals surface area contributed by atoms with Crippen LogP contribution >= 0.6 is 45.3 Å². The first-order chi connectivity index (χ1) is 22.9. The molecule has 0 saturated heterocycles. The molecule has 0 bridgehead atoms. The van der Waals surface area contributed by atoms with Crippen LogP contribution in [0.5, 0.6) is 23.0 Å². The second-order valence-corrected chi connectivity index (χ2v) is 16.9. The molecular weight excluding hydrogens is 673 g/mol. The largest absolute Gasteiger partial charge is 0.584 e. The second kappa shape index (κ2) is 13.5. The molecule has 8 heteroatoms. The van der Waals surface area contributed by atoms with Gasteiger partial charge in [-0.15, -0.1) is 45.3 Å². The van der Waals surface area contributed by atoms with E-state index in [-0.39, 0.29) is 12.2 Å². The first kappa shape index (κ1) is 34.6. The molecule has 4 nitrogen and oxygen atoms in total. The Balaban J connectivity index is 1.46. The number of thiophene rings is 4. The molecule has 0 atom stereocenters. The highest BCUT2D eigenvalue weighted by atomic mass is 32.1. The second-order valence-electron chi connectivity index (χ2n) is 12.8. The van der Waals surface area contributed by atoms with Crippen LogP contribution in [0.1, 0.15) is 61.1 Å². The first-order valence-corrected chi connectivity index (χ1v) is 19.6. The van der Waals surface area contributed by atoms with Crippen LogP contribution in [0.25, 0.3) is 49.8 Å². The van der Waals surface area contributed by atoms with E-state index < -0.39 is 0 Å². The lowest BCUT2D eigenvalue weighted by Crippen LogP contribution is -2.07. The van der Waals surface area contributed by atoms with Crippen molar-refractivity contribution in [3.05, 3.63) is 69.8 Å². The van der Waals surface area contributed by atoms with E-state index in [9.17, 15) is 0 Å². The van der Waals surface area contributed by atoms with Crippen LogP contribution in [0.4, 0.5) is 0 Å². The quantitative estimate of drug-likeness (QED) is 0.132. The molecular formula is C40H45O4S4+. The molecule has 0 aliphatic carbocycles. The van der Waals surface area contributed by atoms with E-state index in [0.717, 1.165) is 34.1 Å². The van der Waals surface area contributed by atoms with Gasteiger partial charge < -0.3 is 18.9 Å². The summed E-state index contributed by atoms with van der Waals surface area (Å²) in [6.07, 6.45) is 0.149. The van der Waals surface area contributed by atoms with E-state index in [1.165, 1.54) is 72.0 Å². The van der Waals surface area contributed by atoms with Crippen LogP contribution in [0, 0.1) is 41.5 Å². The molecule has 0 spiro atoms. The number of aromatic hydroxyl groups is 1. The van der Waals surface area contributed by atoms with Crippen molar-refractivity contribution in [1.29, 1.82) is 0 Å². The molecule has 48 heavy (non-hydrogen) atoms. The van der Waals surface area contributed by atoms with Gasteiger partial charge in [0.05, 0.1) is 29.8 Å². The number of rotatable bonds is 10. The molecule has 0 fully saturated rings. The van der Waals surface area contributed by atoms with Crippen LogP contribution in [-0.4, -0.2) is 31.2 Å². The molecule has 252 valence electrons. The zero-order valence-electron chi connectivity index (χ0n) is 29.9. The number of hydrogen-bond donors (Lipinski definition) is 0. The minimum absolute atomic E-state index is 0.0684. The fraction of sp³-hybridized carbons (Fsp3) is 0.350. The third kappa shape index (κ3) is 5.85. The van der Waals surface area contributed by atoms with E-state index in [0.29, 0.717) is 0 Å². The molecule has 6 rings (SSSR count). The van der Waals surface area contributed by atoms with Crippen molar-refractivity contribution in [2.45, 2.75) is 81.4 Å². The van der Waals surface area contributed by atoms with Crippen LogP contribution < -0.4 is 14.2 Å². The van der Waals surface area contributed by atoms with E-state index in [4.69, 9.17) is 14.2 Å². The fourth-order valence-corrected chi connectivity index (χ4v) is 12.3. The van der Waals surface area contributed by atoms with Gasteiger partial charge in [-0.25, -0.2) is 0 Å². The summed E-state index contributed by atoms with van der Waals surface area (Å²) in [4.78, 5) is 7.85. The van der Waals surface area contributed by atoms with Crippen molar-refractivity contribution in [3.63, 3.8) is 0 Å². The average molecular weight is 718 g/mol. The topological polar surface area (TPSA) is 40.5 Å². The summed E-state index contributed by atoms with van der Waals surface area (Å²) >= 11 is 7.59. The summed E-state index contributed by atoms with van der Waals surface area (Å²) < 4.78 is 25.9. The van der Waals surface area contributed by atoms with Crippen molar-refractivity contribution in [3.8, 4) is 63.4 Å². The summed E-state index contributed by atoms with van der Waals surface area (Å²) in [6, 6.07) is 12.3. The Hall–Kier alpha value is -3.30. The van der Waals surface area contributed by atoms with Crippen molar-refractivity contribution in [1.82, 2.24) is 0 Å². The fourth-order valence-electron chi connectivity index (χ4n) is 6.23. The molecule has 0 radical (unpaired) electrons. The monoisotopic (exact) mass is 717 g/mol. The van der Waals surface area contributed by atoms with Gasteiger partial charge in [-0.3, -0.25) is 0 Å². The number of hydrogen-bond acceptors (Lipinski definition) is 7. The van der Waals surface area contributed by atoms with Crippen LogP contribution in [0.2, 0.25) is 0 Å². The average Bonchev–Trinajstić information content (AvgIpc) is 3.73. The van der Waals surface area contributed by atoms with Gasteiger partial charge in [0.15, 0.2) is 7.11 Å². The van der Waals surface area contributed by atoms with Crippen molar-refractivity contribution >= 4 is 54.7 Å². The van der Waals surface area contributed by atoms with Gasteiger partial charge in [0.2, 0.25) is 0 Å². The van der Waals surface area contributed by atoms with Crippen molar-refractivity contribution < 1.29 is 18.9 Å². The van der Waals surface area contributed by atoms with Crippen LogP contribution in [-0.2, 0) is 0 Å². The minimum atomic E-state index is 0.0684. The smallest absolute Gasteiger partial charge is 0.267 e. The van der Waals surface area contributed by atoms with Gasteiger partial charge in [0.1, 0.15) is 22.8 Å². The van der Waals surface area contributed by atoms with Crippen molar-refractivity contribution in [2.24, 2.45) is 0 Å². The lowest BCUT2D eigenvalue weighted by molar-refractivity contribution is 0.136. The molecule has 0 amide bonds. The maximum atomic E-state index is 6.30. The number of methoxy groups -OCH3 is 1. The van der Waals surface area contributed by atoms with Crippen molar-refractivity contribution in [2.75, 3.05) is 14.2 Å². The standard InChI is InChI=1S/C40H44O4S4/c1-19(2)43-29-17-13-15-27(41-11)31(29)33-21(5)23(7)35(45-33)37-25(9)39-40(47-37)26(10)38(48-39)36-24(8)22(6)34(46-36)32-28(42-12)16-14-18-30(32)44-20(3)4/h13-20H,1-12H3/p+1. The molecule has 4 heterocycles. The van der Waals surface area contributed by atoms with E-state index in [1.807, 2.05) is 70.7 Å². The van der Waals surface area contributed by atoms with E-state index in [1.54, 1.807) is 7.11 Å². The Morgan fingerprint density at radius 2 is 0.896 bits per heavy atom. The molecule has 0 unspecified atom stereocenters. The highest BCUT2D eigenvalue weighted by molar-refractivity contribution is 7.34. The molecule has 0 aliphatic rings. The summed E-state index contributed by atoms with van der Waals surface area (Å²) in [5.41, 5.74) is 10.1. The van der Waals surface area contributed by atoms with Crippen LogP contribution in [0.15, 0.2) is 36.4 Å². The van der Waals surface area contributed by atoms with Gasteiger partial charge in [0, 0.05) is 39.9 Å². The number of aliphatic hydroxyl groups is 1. The van der Waals surface area contributed by atoms with E-state index >= 15 is 0 Å². The SMILES string of the molecule is COc1cccc(OC(C)C)c1-c1sc(-c2sc3c(C)c(-c4sc(-c5c(OC(C)C)cccc5[OH+]C)c(C)c4C)sc3c2C)c(C)c1C. The third-order valence-electron chi connectivity index (χ3n) is 8.92. The number of fused-ring (bicyclic) bond motifs is 1. The molecule has 0 saturated carbocycles. The molecule has 4 aromatic heterocycles.